The van der Waals surface area contributed by atoms with Crippen LogP contribution in [0.1, 0.15) is 18.4 Å². The van der Waals surface area contributed by atoms with Crippen molar-refractivity contribution in [2.45, 2.75) is 24.4 Å². The first-order valence-corrected chi connectivity index (χ1v) is 9.85. The Morgan fingerprint density at radius 3 is 2.43 bits per heavy atom. The predicted molar refractivity (Wildman–Crippen MR) is 108 cm³/mol. The van der Waals surface area contributed by atoms with Gasteiger partial charge in [-0.25, -0.2) is 4.90 Å². The molecule has 152 valence electrons. The highest BCUT2D eigenvalue weighted by Crippen LogP contribution is 2.53. The van der Waals surface area contributed by atoms with E-state index in [1.807, 2.05) is 0 Å². The summed E-state index contributed by atoms with van der Waals surface area (Å²) in [4.78, 5) is 52.8. The Morgan fingerprint density at radius 1 is 1.00 bits per heavy atom. The highest BCUT2D eigenvalue weighted by molar-refractivity contribution is 6.25. The molecular formula is C22H20N4O4. The number of nitrogens with zero attached hydrogens (tertiary/aromatic N) is 1. The van der Waals surface area contributed by atoms with E-state index in [1.54, 1.807) is 54.6 Å². The molecule has 3 heterocycles. The lowest BCUT2D eigenvalue weighted by Gasteiger charge is -2.29. The maximum atomic E-state index is 13.6. The second-order valence-corrected chi connectivity index (χ2v) is 7.91. The number of nitrogens with two attached hydrogens (primary N) is 1. The number of carbonyl (C=O) groups is 4. The van der Waals surface area contributed by atoms with Crippen molar-refractivity contribution in [3.63, 3.8) is 0 Å². The average molecular weight is 404 g/mol. The number of hydrogen-bond donors (Lipinski definition) is 3. The topological polar surface area (TPSA) is 122 Å². The van der Waals surface area contributed by atoms with E-state index in [2.05, 4.69) is 10.6 Å². The average Bonchev–Trinajstić information content (AvgIpc) is 3.32. The number of hydrogen-bond acceptors (Lipinski definition) is 5. The maximum Gasteiger partial charge on any atom is 0.250 e. The van der Waals surface area contributed by atoms with Gasteiger partial charge in [0.2, 0.25) is 23.6 Å². The summed E-state index contributed by atoms with van der Waals surface area (Å²) in [5, 5.41) is 6.12. The highest BCUT2D eigenvalue weighted by Gasteiger charge is 2.70. The van der Waals surface area contributed by atoms with Gasteiger partial charge >= 0.3 is 0 Å². The molecule has 0 bridgehead atoms. The number of fused-ring (bicyclic) bond motifs is 4. The first-order chi connectivity index (χ1) is 14.4. The molecule has 4 amide bonds. The SMILES string of the molecule is NC(=O)CC[C@H]1N[C@]2(C(=O)Nc3ccccc32)[C@H]2C(=O)N(c3ccccc3)C(=O)[C@@H]12. The molecule has 4 N–H and O–H groups in total. The van der Waals surface area contributed by atoms with Crippen LogP contribution in [0, 0.1) is 11.8 Å². The molecule has 8 nitrogen and oxygen atoms in total. The Kier molecular flexibility index (Phi) is 4.01. The van der Waals surface area contributed by atoms with E-state index < -0.39 is 35.2 Å². The molecule has 0 radical (unpaired) electrons. The molecule has 0 aromatic heterocycles. The molecule has 2 aromatic rings. The van der Waals surface area contributed by atoms with Gasteiger partial charge in [0.25, 0.3) is 0 Å². The van der Waals surface area contributed by atoms with Crippen LogP contribution >= 0.6 is 0 Å². The van der Waals surface area contributed by atoms with Gasteiger partial charge in [-0.05, 0) is 24.6 Å². The van der Waals surface area contributed by atoms with Gasteiger partial charge in [0.15, 0.2) is 0 Å². The van der Waals surface area contributed by atoms with E-state index in [9.17, 15) is 19.2 Å². The van der Waals surface area contributed by atoms with Crippen molar-refractivity contribution < 1.29 is 19.2 Å². The molecular weight excluding hydrogens is 384 g/mol. The zero-order chi connectivity index (χ0) is 21.0. The summed E-state index contributed by atoms with van der Waals surface area (Å²) in [6, 6.07) is 15.3. The smallest absolute Gasteiger partial charge is 0.250 e. The molecule has 2 aromatic carbocycles. The van der Waals surface area contributed by atoms with E-state index in [-0.39, 0.29) is 24.7 Å². The minimum absolute atomic E-state index is 0.0487. The molecule has 0 unspecified atom stereocenters. The van der Waals surface area contributed by atoms with Crippen molar-refractivity contribution in [1.82, 2.24) is 5.32 Å². The van der Waals surface area contributed by atoms with Gasteiger partial charge in [0, 0.05) is 23.7 Å². The van der Waals surface area contributed by atoms with Crippen molar-refractivity contribution in [3.8, 4) is 0 Å². The fraction of sp³-hybridized carbons (Fsp3) is 0.273. The first-order valence-electron chi connectivity index (χ1n) is 9.85. The van der Waals surface area contributed by atoms with Crippen LogP contribution < -0.4 is 21.3 Å². The standard InChI is InChI=1S/C22H20N4O4/c23-16(27)11-10-15-17-18(20(29)26(19(17)28)12-6-2-1-3-7-12)22(25-15)13-8-4-5-9-14(13)24-21(22)30/h1-9,15,17-18,25H,10-11H2,(H2,23,27)(H,24,30)/t15-,17+,18-,22+/m1/s1. The predicted octanol–water partition coefficient (Wildman–Crippen LogP) is 0.877. The van der Waals surface area contributed by atoms with Crippen molar-refractivity contribution in [2.24, 2.45) is 17.6 Å². The Morgan fingerprint density at radius 2 is 1.70 bits per heavy atom. The minimum Gasteiger partial charge on any atom is -0.370 e. The van der Waals surface area contributed by atoms with E-state index in [1.165, 1.54) is 4.90 Å². The quantitative estimate of drug-likeness (QED) is 0.653. The second kappa shape index (κ2) is 6.50. The third-order valence-corrected chi connectivity index (χ3v) is 6.34. The molecule has 4 atom stereocenters. The fourth-order valence-corrected chi connectivity index (χ4v) is 5.14. The van der Waals surface area contributed by atoms with Crippen LogP contribution in [0.15, 0.2) is 54.6 Å². The first kappa shape index (κ1) is 18.5. The van der Waals surface area contributed by atoms with Gasteiger partial charge in [-0.15, -0.1) is 0 Å². The number of carbonyl (C=O) groups excluding carboxylic acids is 4. The molecule has 2 fully saturated rings. The summed E-state index contributed by atoms with van der Waals surface area (Å²) >= 11 is 0. The Hall–Kier alpha value is -3.52. The summed E-state index contributed by atoms with van der Waals surface area (Å²) in [6.07, 6.45) is 0.308. The number of primary amides is 1. The lowest BCUT2D eigenvalue weighted by Crippen LogP contribution is -2.53. The second-order valence-electron chi connectivity index (χ2n) is 7.91. The molecule has 3 aliphatic rings. The van der Waals surface area contributed by atoms with Crippen LogP contribution in [0.5, 0.6) is 0 Å². The number of anilines is 2. The molecule has 3 aliphatic heterocycles. The molecule has 30 heavy (non-hydrogen) atoms. The molecule has 2 saturated heterocycles. The summed E-state index contributed by atoms with van der Waals surface area (Å²) in [5.74, 6) is -3.33. The number of amides is 4. The van der Waals surface area contributed by atoms with Gasteiger partial charge in [-0.1, -0.05) is 36.4 Å². The van der Waals surface area contributed by atoms with E-state index in [0.717, 1.165) is 0 Å². The van der Waals surface area contributed by atoms with Crippen LogP contribution in [-0.4, -0.2) is 29.7 Å². The summed E-state index contributed by atoms with van der Waals surface area (Å²) in [6.45, 7) is 0. The van der Waals surface area contributed by atoms with Crippen molar-refractivity contribution in [3.05, 3.63) is 60.2 Å². The number of imide groups is 1. The zero-order valence-electron chi connectivity index (χ0n) is 16.0. The summed E-state index contributed by atoms with van der Waals surface area (Å²) in [5.41, 5.74) is 5.69. The molecule has 0 aliphatic carbocycles. The van der Waals surface area contributed by atoms with Crippen LogP contribution in [0.25, 0.3) is 0 Å². The number of nitrogens with one attached hydrogen (secondary N) is 2. The lowest BCUT2D eigenvalue weighted by molar-refractivity contribution is -0.130. The molecule has 0 saturated carbocycles. The van der Waals surface area contributed by atoms with Gasteiger partial charge in [-0.3, -0.25) is 24.5 Å². The molecule has 5 rings (SSSR count). The fourth-order valence-electron chi connectivity index (χ4n) is 5.14. The Bertz CT molecular complexity index is 1090. The number of rotatable bonds is 4. The van der Waals surface area contributed by atoms with E-state index >= 15 is 0 Å². The largest absolute Gasteiger partial charge is 0.370 e. The monoisotopic (exact) mass is 404 g/mol. The van der Waals surface area contributed by atoms with Crippen molar-refractivity contribution in [2.75, 3.05) is 10.2 Å². The highest BCUT2D eigenvalue weighted by atomic mass is 16.2. The van der Waals surface area contributed by atoms with Crippen LogP contribution in [0.2, 0.25) is 0 Å². The lowest BCUT2D eigenvalue weighted by atomic mass is 9.76. The normalized spacial score (nSPS) is 29.3. The molecule has 8 heteroatoms. The van der Waals surface area contributed by atoms with Crippen LogP contribution in [0.4, 0.5) is 11.4 Å². The Labute approximate surface area is 172 Å². The van der Waals surface area contributed by atoms with Crippen LogP contribution in [-0.2, 0) is 24.7 Å². The molecule has 1 spiro atoms. The van der Waals surface area contributed by atoms with Gasteiger partial charge < -0.3 is 11.1 Å². The van der Waals surface area contributed by atoms with Gasteiger partial charge in [-0.2, -0.15) is 0 Å². The van der Waals surface area contributed by atoms with Crippen molar-refractivity contribution >= 4 is 35.0 Å². The third-order valence-electron chi connectivity index (χ3n) is 6.34. The zero-order valence-corrected chi connectivity index (χ0v) is 16.0. The summed E-state index contributed by atoms with van der Waals surface area (Å²) in [7, 11) is 0. The van der Waals surface area contributed by atoms with E-state index in [4.69, 9.17) is 5.73 Å². The van der Waals surface area contributed by atoms with Crippen LogP contribution in [0.3, 0.4) is 0 Å². The third kappa shape index (κ3) is 2.37. The van der Waals surface area contributed by atoms with Gasteiger partial charge in [0.1, 0.15) is 5.54 Å². The number of benzene rings is 2. The minimum atomic E-state index is -1.36. The maximum absolute atomic E-state index is 13.6. The summed E-state index contributed by atoms with van der Waals surface area (Å²) < 4.78 is 0. The Balaban J connectivity index is 1.65. The number of para-hydroxylation sites is 2. The van der Waals surface area contributed by atoms with Gasteiger partial charge in [0.05, 0.1) is 17.5 Å². The van der Waals surface area contributed by atoms with Crippen molar-refractivity contribution in [1.29, 1.82) is 0 Å². The van der Waals surface area contributed by atoms with E-state index in [0.29, 0.717) is 16.9 Å².